The maximum atomic E-state index is 12.9. The summed E-state index contributed by atoms with van der Waals surface area (Å²) in [4.78, 5) is 28.0. The number of carbonyl (C=O) groups excluding carboxylic acids is 2. The number of carbonyl (C=O) groups is 2. The van der Waals surface area contributed by atoms with Gasteiger partial charge in [0.05, 0.1) is 13.2 Å². The van der Waals surface area contributed by atoms with E-state index in [0.29, 0.717) is 0 Å². The Morgan fingerprint density at radius 3 is 2.28 bits per heavy atom. The fourth-order valence-corrected chi connectivity index (χ4v) is 3.73. The molecule has 3 aliphatic rings. The molecule has 0 radical (unpaired) electrons. The number of quaternary nitrogens is 1. The van der Waals surface area contributed by atoms with Gasteiger partial charge in [-0.25, -0.2) is 10.1 Å². The first-order valence-corrected chi connectivity index (χ1v) is 8.74. The van der Waals surface area contributed by atoms with Crippen LogP contribution in [-0.4, -0.2) is 117 Å². The van der Waals surface area contributed by atoms with Crippen LogP contribution in [0.4, 0.5) is 4.79 Å². The standard InChI is InChI=1S/C15H22N4O10/c1-5(22)27-11-7(3-21)29-13(10(11)25)19(4-17-14(16)18-15(19)26)12-9(24)8(23)6(2-20)28-12/h4,6-13,20-21,23-25H,2-3H2,1H3,(H-,16,18,26)/p+1/t6-,7-,8-,9-,10+,11-,12-,13-,19?/m1/s1. The van der Waals surface area contributed by atoms with Crippen LogP contribution in [0.1, 0.15) is 6.92 Å². The molecule has 2 saturated heterocycles. The molecule has 14 heteroatoms. The Labute approximate surface area is 164 Å². The van der Waals surface area contributed by atoms with Crippen LogP contribution in [0.3, 0.4) is 0 Å². The number of esters is 1. The minimum absolute atomic E-state index is 0.529. The lowest BCUT2D eigenvalue weighted by Gasteiger charge is -2.42. The molecular formula is C15H23N4O10+. The van der Waals surface area contributed by atoms with Crippen LogP contribution in [0.15, 0.2) is 4.99 Å². The quantitative estimate of drug-likeness (QED) is 0.169. The summed E-state index contributed by atoms with van der Waals surface area (Å²) >= 11 is 0. The number of rotatable bonds is 5. The molecule has 0 bridgehead atoms. The smallest absolute Gasteiger partial charge is 0.433 e. The van der Waals surface area contributed by atoms with Crippen LogP contribution in [-0.2, 0) is 19.0 Å². The zero-order valence-electron chi connectivity index (χ0n) is 15.3. The zero-order valence-corrected chi connectivity index (χ0v) is 15.3. The van der Waals surface area contributed by atoms with Crippen molar-refractivity contribution in [3.05, 3.63) is 0 Å². The molecule has 0 aromatic carbocycles. The lowest BCUT2D eigenvalue weighted by atomic mass is 10.1. The summed E-state index contributed by atoms with van der Waals surface area (Å²) < 4.78 is 14.9. The molecule has 9 atom stereocenters. The Balaban J connectivity index is 2.06. The van der Waals surface area contributed by atoms with Gasteiger partial charge in [-0.1, -0.05) is 0 Å². The van der Waals surface area contributed by atoms with Crippen molar-refractivity contribution in [2.75, 3.05) is 13.2 Å². The Morgan fingerprint density at radius 2 is 1.76 bits per heavy atom. The summed E-state index contributed by atoms with van der Waals surface area (Å²) in [7, 11) is 0. The predicted octanol–water partition coefficient (Wildman–Crippen LogP) is -4.06. The van der Waals surface area contributed by atoms with Crippen molar-refractivity contribution in [3.63, 3.8) is 0 Å². The van der Waals surface area contributed by atoms with E-state index in [0.717, 1.165) is 13.3 Å². The second-order valence-corrected chi connectivity index (χ2v) is 6.90. The van der Waals surface area contributed by atoms with Gasteiger partial charge in [0, 0.05) is 6.92 Å². The molecule has 1 unspecified atom stereocenters. The molecule has 0 spiro atoms. The molecule has 2 fully saturated rings. The van der Waals surface area contributed by atoms with Crippen molar-refractivity contribution in [1.82, 2.24) is 5.32 Å². The number of aliphatic hydroxyl groups excluding tert-OH is 5. The molecule has 2 amide bonds. The van der Waals surface area contributed by atoms with Crippen LogP contribution in [0.5, 0.6) is 0 Å². The highest BCUT2D eigenvalue weighted by atomic mass is 16.6. The number of hydrogen-bond donors (Lipinski definition) is 7. The van der Waals surface area contributed by atoms with Crippen molar-refractivity contribution < 1.29 is 53.8 Å². The van der Waals surface area contributed by atoms with Gasteiger partial charge < -0.3 is 39.7 Å². The molecule has 0 aromatic rings. The minimum Gasteiger partial charge on any atom is -0.457 e. The van der Waals surface area contributed by atoms with Crippen LogP contribution >= 0.6 is 0 Å². The molecule has 3 heterocycles. The van der Waals surface area contributed by atoms with Crippen molar-refractivity contribution in [1.29, 1.82) is 5.41 Å². The predicted molar refractivity (Wildman–Crippen MR) is 90.1 cm³/mol. The lowest BCUT2D eigenvalue weighted by Crippen LogP contribution is -2.74. The second-order valence-electron chi connectivity index (χ2n) is 6.90. The summed E-state index contributed by atoms with van der Waals surface area (Å²) in [6.45, 7) is -0.260. The van der Waals surface area contributed by atoms with Gasteiger partial charge in [0.15, 0.2) is 18.3 Å². The number of guanidine groups is 1. The maximum Gasteiger partial charge on any atom is 0.433 e. The average molecular weight is 419 g/mol. The van der Waals surface area contributed by atoms with E-state index in [4.69, 9.17) is 19.6 Å². The first kappa shape index (κ1) is 21.7. The van der Waals surface area contributed by atoms with Gasteiger partial charge in [0.1, 0.15) is 18.3 Å². The number of nitrogens with zero attached hydrogens (tertiary/aromatic N) is 2. The molecule has 0 saturated carbocycles. The minimum atomic E-state index is -1.72. The third-order valence-corrected chi connectivity index (χ3v) is 5.11. The van der Waals surface area contributed by atoms with E-state index < -0.39 is 84.7 Å². The molecule has 3 aliphatic heterocycles. The summed E-state index contributed by atoms with van der Waals surface area (Å²) in [6, 6.07) is -0.996. The van der Waals surface area contributed by atoms with Gasteiger partial charge in [-0.2, -0.15) is 4.99 Å². The summed E-state index contributed by atoms with van der Waals surface area (Å²) in [5.41, 5.74) is 0. The average Bonchev–Trinajstić information content (AvgIpc) is 3.13. The van der Waals surface area contributed by atoms with E-state index in [1.165, 1.54) is 0 Å². The van der Waals surface area contributed by atoms with Gasteiger partial charge >= 0.3 is 12.0 Å². The fraction of sp³-hybridized carbons (Fsp3) is 0.733. The molecule has 0 aliphatic carbocycles. The van der Waals surface area contributed by atoms with E-state index in [2.05, 4.69) is 10.3 Å². The highest BCUT2D eigenvalue weighted by molar-refractivity contribution is 6.00. The summed E-state index contributed by atoms with van der Waals surface area (Å²) in [5.74, 6) is -1.30. The number of urea groups is 1. The van der Waals surface area contributed by atoms with Crippen LogP contribution < -0.4 is 5.32 Å². The van der Waals surface area contributed by atoms with Crippen molar-refractivity contribution in [3.8, 4) is 0 Å². The third-order valence-electron chi connectivity index (χ3n) is 5.11. The van der Waals surface area contributed by atoms with Crippen LogP contribution in [0.2, 0.25) is 0 Å². The molecule has 7 N–H and O–H groups in total. The van der Waals surface area contributed by atoms with E-state index in [-0.39, 0.29) is 0 Å². The van der Waals surface area contributed by atoms with Crippen molar-refractivity contribution in [2.24, 2.45) is 4.99 Å². The Bertz CT molecular complexity index is 719. The Morgan fingerprint density at radius 1 is 1.17 bits per heavy atom. The van der Waals surface area contributed by atoms with E-state index in [1.54, 1.807) is 0 Å². The number of amides is 2. The van der Waals surface area contributed by atoms with Crippen LogP contribution in [0, 0.1) is 5.41 Å². The maximum absolute atomic E-state index is 12.9. The number of ether oxygens (including phenoxy) is 3. The largest absolute Gasteiger partial charge is 0.457 e. The van der Waals surface area contributed by atoms with Gasteiger partial charge in [-0.15, -0.1) is 4.48 Å². The normalized spacial score (nSPS) is 44.8. The molecule has 3 rings (SSSR count). The van der Waals surface area contributed by atoms with E-state index in [9.17, 15) is 35.1 Å². The van der Waals surface area contributed by atoms with Gasteiger partial charge in [-0.3, -0.25) is 10.2 Å². The van der Waals surface area contributed by atoms with E-state index in [1.807, 2.05) is 0 Å². The van der Waals surface area contributed by atoms with E-state index >= 15 is 0 Å². The molecular weight excluding hydrogens is 396 g/mol. The second kappa shape index (κ2) is 8.00. The molecule has 0 aromatic heterocycles. The summed E-state index contributed by atoms with van der Waals surface area (Å²) in [6.07, 6.45) is -11.1. The highest BCUT2D eigenvalue weighted by Gasteiger charge is 2.67. The Hall–Kier alpha value is -2.04. The monoisotopic (exact) mass is 419 g/mol. The zero-order chi connectivity index (χ0) is 21.5. The first-order valence-electron chi connectivity index (χ1n) is 8.74. The summed E-state index contributed by atoms with van der Waals surface area (Å²) in [5, 5.41) is 59.9. The molecule has 162 valence electrons. The van der Waals surface area contributed by atoms with Gasteiger partial charge in [0.25, 0.3) is 0 Å². The number of aliphatic hydroxyl groups is 5. The Kier molecular flexibility index (Phi) is 5.98. The molecule has 14 nitrogen and oxygen atoms in total. The number of hydrogen-bond acceptors (Lipinski definition) is 11. The van der Waals surface area contributed by atoms with Gasteiger partial charge in [0.2, 0.25) is 24.8 Å². The lowest BCUT2D eigenvalue weighted by molar-refractivity contribution is -0.865. The number of aliphatic imine (C=N–C) groups is 1. The molecule has 29 heavy (non-hydrogen) atoms. The first-order chi connectivity index (χ1) is 13.7. The van der Waals surface area contributed by atoms with Gasteiger partial charge in [-0.05, 0) is 0 Å². The van der Waals surface area contributed by atoms with Crippen molar-refractivity contribution >= 4 is 24.3 Å². The SMILES string of the molecule is CC(=O)O[C@H]1[C@H](O)[C@H]([N+]2([C@@H]3O[C@H](CO)[C@@H](O)[C@H]3O)C=NC(=N)NC2=O)O[C@@H]1CO. The topological polar surface area (TPSA) is 211 Å². The highest BCUT2D eigenvalue weighted by Crippen LogP contribution is 2.38. The number of nitrogens with one attached hydrogen (secondary N) is 2. The third kappa shape index (κ3) is 3.43. The van der Waals surface area contributed by atoms with Crippen LogP contribution in [0.25, 0.3) is 0 Å². The van der Waals surface area contributed by atoms with Crippen molar-refractivity contribution in [2.45, 2.75) is 56.0 Å². The fourth-order valence-electron chi connectivity index (χ4n) is 3.73.